The number of halogens is 1. The van der Waals surface area contributed by atoms with Crippen molar-refractivity contribution in [3.8, 4) is 0 Å². The third-order valence-electron chi connectivity index (χ3n) is 2.53. The van der Waals surface area contributed by atoms with Gasteiger partial charge in [-0.1, -0.05) is 19.4 Å². The summed E-state index contributed by atoms with van der Waals surface area (Å²) in [5.41, 5.74) is 2.38. The predicted molar refractivity (Wildman–Crippen MR) is 55.7 cm³/mol. The maximum Gasteiger partial charge on any atom is 0.129 e. The van der Waals surface area contributed by atoms with Crippen LogP contribution in [0.3, 0.4) is 0 Å². The van der Waals surface area contributed by atoms with E-state index in [2.05, 4.69) is 0 Å². The zero-order valence-electron chi connectivity index (χ0n) is 8.97. The normalized spacial score (nSPS) is 12.9. The van der Waals surface area contributed by atoms with E-state index in [-0.39, 0.29) is 5.82 Å². The van der Waals surface area contributed by atoms with Gasteiger partial charge in [0.2, 0.25) is 0 Å². The van der Waals surface area contributed by atoms with E-state index in [1.165, 1.54) is 6.07 Å². The molecule has 0 aromatic heterocycles. The molecule has 1 unspecified atom stereocenters. The number of aryl methyl sites for hydroxylation is 2. The lowest BCUT2D eigenvalue weighted by Crippen LogP contribution is -2.01. The molecule has 1 atom stereocenters. The second-order valence-corrected chi connectivity index (χ2v) is 3.76. The van der Waals surface area contributed by atoms with E-state index >= 15 is 0 Å². The van der Waals surface area contributed by atoms with Crippen molar-refractivity contribution >= 4 is 0 Å². The van der Waals surface area contributed by atoms with Crippen LogP contribution < -0.4 is 0 Å². The van der Waals surface area contributed by atoms with Gasteiger partial charge in [0, 0.05) is 5.56 Å². The summed E-state index contributed by atoms with van der Waals surface area (Å²) in [7, 11) is 0. The fraction of sp³-hybridized carbons (Fsp3) is 0.500. The maximum absolute atomic E-state index is 13.4. The Labute approximate surface area is 84.6 Å². The molecule has 2 heteroatoms. The minimum Gasteiger partial charge on any atom is -0.388 e. The molecule has 0 aliphatic heterocycles. The van der Waals surface area contributed by atoms with Gasteiger partial charge in [-0.2, -0.15) is 0 Å². The highest BCUT2D eigenvalue weighted by Gasteiger charge is 2.12. The second kappa shape index (κ2) is 4.56. The van der Waals surface area contributed by atoms with E-state index in [1.807, 2.05) is 20.8 Å². The lowest BCUT2D eigenvalue weighted by Gasteiger charge is -2.12. The van der Waals surface area contributed by atoms with E-state index in [1.54, 1.807) is 6.07 Å². The van der Waals surface area contributed by atoms with Crippen molar-refractivity contribution in [2.75, 3.05) is 0 Å². The van der Waals surface area contributed by atoms with E-state index in [9.17, 15) is 9.50 Å². The monoisotopic (exact) mass is 196 g/mol. The highest BCUT2D eigenvalue weighted by Crippen LogP contribution is 2.24. The smallest absolute Gasteiger partial charge is 0.129 e. The van der Waals surface area contributed by atoms with Crippen LogP contribution in [0.1, 0.15) is 42.6 Å². The molecule has 0 aliphatic rings. The number of hydrogen-bond acceptors (Lipinski definition) is 1. The molecule has 14 heavy (non-hydrogen) atoms. The lowest BCUT2D eigenvalue weighted by molar-refractivity contribution is 0.162. The number of aliphatic hydroxyl groups excluding tert-OH is 1. The van der Waals surface area contributed by atoms with Crippen molar-refractivity contribution in [2.24, 2.45) is 0 Å². The average molecular weight is 196 g/mol. The summed E-state index contributed by atoms with van der Waals surface area (Å²) >= 11 is 0. The number of aliphatic hydroxyl groups is 1. The van der Waals surface area contributed by atoms with Crippen LogP contribution in [0.25, 0.3) is 0 Å². The first-order valence-electron chi connectivity index (χ1n) is 5.01. The van der Waals surface area contributed by atoms with Crippen LogP contribution in [-0.4, -0.2) is 5.11 Å². The molecular formula is C12H17FO. The predicted octanol–water partition coefficient (Wildman–Crippen LogP) is 3.28. The Hall–Kier alpha value is -0.890. The van der Waals surface area contributed by atoms with Crippen LogP contribution in [0.4, 0.5) is 4.39 Å². The fourth-order valence-corrected chi connectivity index (χ4v) is 1.49. The molecule has 1 aromatic rings. The molecule has 0 saturated heterocycles. The molecule has 0 bridgehead atoms. The van der Waals surface area contributed by atoms with Gasteiger partial charge in [0.15, 0.2) is 0 Å². The average Bonchev–Trinajstić information content (AvgIpc) is 2.11. The van der Waals surface area contributed by atoms with E-state index in [0.29, 0.717) is 12.0 Å². The molecule has 1 nitrogen and oxygen atoms in total. The Morgan fingerprint density at radius 1 is 1.29 bits per heavy atom. The molecule has 1 N–H and O–H groups in total. The van der Waals surface area contributed by atoms with Gasteiger partial charge in [-0.15, -0.1) is 0 Å². The molecule has 0 spiro atoms. The van der Waals surface area contributed by atoms with Crippen molar-refractivity contribution in [3.05, 3.63) is 34.6 Å². The Balaban J connectivity index is 3.02. The molecule has 0 heterocycles. The van der Waals surface area contributed by atoms with Crippen LogP contribution in [0.5, 0.6) is 0 Å². The Kier molecular flexibility index (Phi) is 3.64. The summed E-state index contributed by atoms with van der Waals surface area (Å²) in [6.07, 6.45) is 0.798. The summed E-state index contributed by atoms with van der Waals surface area (Å²) in [6, 6.07) is 3.23. The highest BCUT2D eigenvalue weighted by atomic mass is 19.1. The largest absolute Gasteiger partial charge is 0.388 e. The molecule has 0 amide bonds. The third kappa shape index (κ3) is 2.32. The number of hydrogen-bond donors (Lipinski definition) is 1. The Morgan fingerprint density at radius 2 is 1.86 bits per heavy atom. The van der Waals surface area contributed by atoms with Crippen molar-refractivity contribution in [2.45, 2.75) is 39.7 Å². The first kappa shape index (κ1) is 11.2. The number of rotatable bonds is 3. The second-order valence-electron chi connectivity index (χ2n) is 3.76. The van der Waals surface area contributed by atoms with Crippen LogP contribution in [0, 0.1) is 19.7 Å². The van der Waals surface area contributed by atoms with Gasteiger partial charge in [0.1, 0.15) is 5.82 Å². The summed E-state index contributed by atoms with van der Waals surface area (Å²) in [6.45, 7) is 5.77. The molecule has 1 aromatic carbocycles. The SMILES string of the molecule is CCCC(O)c1cc(C)c(C)cc1F. The van der Waals surface area contributed by atoms with Crippen LogP contribution in [0.2, 0.25) is 0 Å². The molecule has 0 saturated carbocycles. The first-order valence-corrected chi connectivity index (χ1v) is 5.01. The molecule has 0 aliphatic carbocycles. The molecule has 0 fully saturated rings. The van der Waals surface area contributed by atoms with Crippen molar-refractivity contribution in [1.29, 1.82) is 0 Å². The van der Waals surface area contributed by atoms with Gasteiger partial charge < -0.3 is 5.11 Å². The maximum atomic E-state index is 13.4. The molecule has 78 valence electrons. The zero-order chi connectivity index (χ0) is 10.7. The van der Waals surface area contributed by atoms with Gasteiger partial charge in [-0.3, -0.25) is 0 Å². The summed E-state index contributed by atoms with van der Waals surface area (Å²) < 4.78 is 13.4. The van der Waals surface area contributed by atoms with Crippen molar-refractivity contribution in [3.63, 3.8) is 0 Å². The highest BCUT2D eigenvalue weighted by molar-refractivity contribution is 5.32. The number of benzene rings is 1. The van der Waals surface area contributed by atoms with Crippen LogP contribution in [0.15, 0.2) is 12.1 Å². The molecule has 0 radical (unpaired) electrons. The summed E-state index contributed by atoms with van der Waals surface area (Å²) in [5.74, 6) is -0.297. The van der Waals surface area contributed by atoms with Crippen LogP contribution in [-0.2, 0) is 0 Å². The molecular weight excluding hydrogens is 179 g/mol. The lowest BCUT2D eigenvalue weighted by atomic mass is 9.99. The first-order chi connectivity index (χ1) is 6.56. The standard InChI is InChI=1S/C12H17FO/c1-4-5-12(14)10-6-8(2)9(3)7-11(10)13/h6-7,12,14H,4-5H2,1-3H3. The minimum atomic E-state index is -0.667. The minimum absolute atomic E-state index is 0.297. The van der Waals surface area contributed by atoms with Gasteiger partial charge in [0.05, 0.1) is 6.10 Å². The van der Waals surface area contributed by atoms with Crippen LogP contribution >= 0.6 is 0 Å². The topological polar surface area (TPSA) is 20.2 Å². The van der Waals surface area contributed by atoms with Crippen molar-refractivity contribution in [1.82, 2.24) is 0 Å². The van der Waals surface area contributed by atoms with Gasteiger partial charge in [-0.05, 0) is 37.5 Å². The molecule has 1 rings (SSSR count). The summed E-state index contributed by atoms with van der Waals surface area (Å²) in [5, 5.41) is 9.68. The van der Waals surface area contributed by atoms with Gasteiger partial charge in [0.25, 0.3) is 0 Å². The Morgan fingerprint density at radius 3 is 2.43 bits per heavy atom. The van der Waals surface area contributed by atoms with Gasteiger partial charge >= 0.3 is 0 Å². The van der Waals surface area contributed by atoms with Crippen molar-refractivity contribution < 1.29 is 9.50 Å². The fourth-order valence-electron chi connectivity index (χ4n) is 1.49. The van der Waals surface area contributed by atoms with E-state index in [0.717, 1.165) is 17.5 Å². The Bertz CT molecular complexity index is 320. The van der Waals surface area contributed by atoms with Gasteiger partial charge in [-0.25, -0.2) is 4.39 Å². The quantitative estimate of drug-likeness (QED) is 0.786. The third-order valence-corrected chi connectivity index (χ3v) is 2.53. The van der Waals surface area contributed by atoms with E-state index in [4.69, 9.17) is 0 Å². The van der Waals surface area contributed by atoms with E-state index < -0.39 is 6.10 Å². The zero-order valence-corrected chi connectivity index (χ0v) is 8.97. The summed E-state index contributed by atoms with van der Waals surface area (Å²) in [4.78, 5) is 0.